The first-order valence-electron chi connectivity index (χ1n) is 7.49. The summed E-state index contributed by atoms with van der Waals surface area (Å²) in [5, 5.41) is 0. The van der Waals surface area contributed by atoms with Crippen molar-refractivity contribution < 1.29 is 9.47 Å². The van der Waals surface area contributed by atoms with Crippen molar-refractivity contribution in [3.63, 3.8) is 0 Å². The van der Waals surface area contributed by atoms with Crippen molar-refractivity contribution in [1.29, 1.82) is 0 Å². The fourth-order valence-electron chi connectivity index (χ4n) is 2.57. The molecule has 1 aliphatic heterocycles. The molecule has 0 amide bonds. The lowest BCUT2D eigenvalue weighted by atomic mass is 10.1. The molecular weight excluding hydrogens is 302 g/mol. The molecule has 2 atom stereocenters. The molecule has 0 unspecified atom stereocenters. The molecule has 0 N–H and O–H groups in total. The Bertz CT molecular complexity index is 556. The number of hydrogen-bond acceptors (Lipinski definition) is 6. The molecule has 1 saturated heterocycles. The maximum Gasteiger partial charge on any atom is 0.351 e. The van der Waals surface area contributed by atoms with Crippen LogP contribution in [0.5, 0.6) is 0 Å². The number of anilines is 1. The molecule has 6 nitrogen and oxygen atoms in total. The van der Waals surface area contributed by atoms with Crippen molar-refractivity contribution >= 4 is 17.6 Å². The van der Waals surface area contributed by atoms with Crippen molar-refractivity contribution in [2.45, 2.75) is 44.9 Å². The van der Waals surface area contributed by atoms with E-state index < -0.39 is 0 Å². The second kappa shape index (κ2) is 7.02. The molecule has 0 saturated carbocycles. The summed E-state index contributed by atoms with van der Waals surface area (Å²) in [5.41, 5.74) is -0.379. The number of nitrogens with zero attached hydrogens (tertiary/aromatic N) is 3. The first-order valence-corrected chi connectivity index (χ1v) is 8.54. The van der Waals surface area contributed by atoms with Gasteiger partial charge in [-0.15, -0.1) is 11.8 Å². The van der Waals surface area contributed by atoms with Crippen LogP contribution in [0.1, 0.15) is 33.9 Å². The van der Waals surface area contributed by atoms with E-state index in [1.165, 1.54) is 0 Å². The van der Waals surface area contributed by atoms with Crippen molar-refractivity contribution in [1.82, 2.24) is 9.55 Å². The third-order valence-corrected chi connectivity index (χ3v) is 4.66. The lowest BCUT2D eigenvalue weighted by Crippen LogP contribution is -2.43. The minimum absolute atomic E-state index is 0.0247. The molecule has 0 bridgehead atoms. The van der Waals surface area contributed by atoms with E-state index in [0.29, 0.717) is 12.4 Å². The predicted octanol–water partition coefficient (Wildman–Crippen LogP) is 2.10. The van der Waals surface area contributed by atoms with E-state index in [2.05, 4.69) is 37.6 Å². The Hall–Kier alpha value is -1.05. The van der Waals surface area contributed by atoms with E-state index in [9.17, 15) is 4.79 Å². The highest BCUT2D eigenvalue weighted by Gasteiger charge is 2.28. The van der Waals surface area contributed by atoms with E-state index in [4.69, 9.17) is 9.47 Å². The molecule has 0 radical (unpaired) electrons. The van der Waals surface area contributed by atoms with Gasteiger partial charge in [-0.2, -0.15) is 4.98 Å². The number of thioether (sulfide) groups is 1. The van der Waals surface area contributed by atoms with Crippen LogP contribution in [0.25, 0.3) is 0 Å². The Morgan fingerprint density at radius 3 is 2.82 bits per heavy atom. The van der Waals surface area contributed by atoms with Gasteiger partial charge in [0.2, 0.25) is 0 Å². The Morgan fingerprint density at radius 1 is 1.55 bits per heavy atom. The van der Waals surface area contributed by atoms with Crippen LogP contribution >= 0.6 is 11.8 Å². The molecule has 124 valence electrons. The van der Waals surface area contributed by atoms with E-state index in [-0.39, 0.29) is 22.9 Å². The van der Waals surface area contributed by atoms with Gasteiger partial charge in [-0.3, -0.25) is 4.57 Å². The molecule has 22 heavy (non-hydrogen) atoms. The van der Waals surface area contributed by atoms with E-state index in [1.54, 1.807) is 29.6 Å². The average molecular weight is 327 g/mol. The highest BCUT2D eigenvalue weighted by atomic mass is 32.2. The van der Waals surface area contributed by atoms with Crippen molar-refractivity contribution in [2.75, 3.05) is 30.9 Å². The fraction of sp³-hybridized carbons (Fsp3) is 0.733. The minimum atomic E-state index is -0.274. The Labute approximate surface area is 135 Å². The molecule has 0 spiro atoms. The van der Waals surface area contributed by atoms with Crippen LogP contribution in [0, 0.1) is 0 Å². The highest BCUT2D eigenvalue weighted by molar-refractivity contribution is 8.00. The molecule has 0 aliphatic carbocycles. The van der Waals surface area contributed by atoms with Gasteiger partial charge < -0.3 is 14.4 Å². The third-order valence-electron chi connectivity index (χ3n) is 3.56. The number of rotatable bonds is 5. The maximum atomic E-state index is 12.3. The molecule has 2 rings (SSSR count). The zero-order valence-electron chi connectivity index (χ0n) is 13.9. The molecule has 7 heteroatoms. The lowest BCUT2D eigenvalue weighted by Gasteiger charge is -2.35. The first kappa shape index (κ1) is 17.3. The van der Waals surface area contributed by atoms with Gasteiger partial charge in [0, 0.05) is 31.1 Å². The molecular formula is C15H25N3O3S. The lowest BCUT2D eigenvalue weighted by molar-refractivity contribution is -0.0152. The molecule has 1 fully saturated rings. The summed E-state index contributed by atoms with van der Waals surface area (Å²) in [7, 11) is 1.64. The first-order chi connectivity index (χ1) is 10.4. The normalized spacial score (nSPS) is 22.0. The van der Waals surface area contributed by atoms with Gasteiger partial charge in [0.25, 0.3) is 0 Å². The van der Waals surface area contributed by atoms with Crippen molar-refractivity contribution in [3.8, 4) is 0 Å². The summed E-state index contributed by atoms with van der Waals surface area (Å²) in [6, 6.07) is 1.88. The van der Waals surface area contributed by atoms with Gasteiger partial charge in [-0.1, -0.05) is 0 Å². The monoisotopic (exact) mass is 327 g/mol. The standard InChI is InChI=1S/C15H25N3O3S/c1-6-18(15(2,3)4)11-7-8-17(14(19)16-11)12-10-22-13(21-12)9-20-5/h7-8,12-13H,6,9-10H2,1-5H3/t12-,13+/m1/s1. The zero-order chi connectivity index (χ0) is 16.3. The maximum absolute atomic E-state index is 12.3. The molecule has 1 aromatic heterocycles. The summed E-state index contributed by atoms with van der Waals surface area (Å²) in [5.74, 6) is 1.43. The summed E-state index contributed by atoms with van der Waals surface area (Å²) in [6.07, 6.45) is 1.50. The minimum Gasteiger partial charge on any atom is -0.381 e. The van der Waals surface area contributed by atoms with Gasteiger partial charge in [0.1, 0.15) is 17.5 Å². The van der Waals surface area contributed by atoms with Crippen LogP contribution in [0.3, 0.4) is 0 Å². The van der Waals surface area contributed by atoms with E-state index >= 15 is 0 Å². The summed E-state index contributed by atoms with van der Waals surface area (Å²) < 4.78 is 12.5. The van der Waals surface area contributed by atoms with Crippen LogP contribution in [0.2, 0.25) is 0 Å². The average Bonchev–Trinajstić information content (AvgIpc) is 2.87. The second-order valence-electron chi connectivity index (χ2n) is 6.20. The fourth-order valence-corrected chi connectivity index (χ4v) is 3.62. The summed E-state index contributed by atoms with van der Waals surface area (Å²) in [6.45, 7) is 9.70. The summed E-state index contributed by atoms with van der Waals surface area (Å²) >= 11 is 1.65. The largest absolute Gasteiger partial charge is 0.381 e. The van der Waals surface area contributed by atoms with Crippen LogP contribution in [0.15, 0.2) is 17.1 Å². The number of ether oxygens (including phenoxy) is 2. The third kappa shape index (κ3) is 3.83. The van der Waals surface area contributed by atoms with Gasteiger partial charge in [-0.25, -0.2) is 4.79 Å². The SMILES string of the molecule is CCN(c1ccn([C@H]2CS[C@@H](COC)O2)c(=O)n1)C(C)(C)C. The van der Waals surface area contributed by atoms with Gasteiger partial charge >= 0.3 is 5.69 Å². The van der Waals surface area contributed by atoms with Gasteiger partial charge in [0.15, 0.2) is 0 Å². The van der Waals surface area contributed by atoms with Crippen LogP contribution in [-0.4, -0.2) is 46.5 Å². The Kier molecular flexibility index (Phi) is 5.52. The van der Waals surface area contributed by atoms with Crippen LogP contribution in [0.4, 0.5) is 5.82 Å². The Balaban J connectivity index is 2.19. The number of aromatic nitrogens is 2. The van der Waals surface area contributed by atoms with E-state index in [0.717, 1.165) is 12.3 Å². The highest BCUT2D eigenvalue weighted by Crippen LogP contribution is 2.31. The topological polar surface area (TPSA) is 56.6 Å². The zero-order valence-corrected chi connectivity index (χ0v) is 14.7. The van der Waals surface area contributed by atoms with Gasteiger partial charge in [0.05, 0.1) is 6.61 Å². The predicted molar refractivity (Wildman–Crippen MR) is 89.5 cm³/mol. The Morgan fingerprint density at radius 2 is 2.27 bits per heavy atom. The second-order valence-corrected chi connectivity index (χ2v) is 7.39. The van der Waals surface area contributed by atoms with Crippen LogP contribution in [-0.2, 0) is 9.47 Å². The van der Waals surface area contributed by atoms with Gasteiger partial charge in [-0.05, 0) is 33.8 Å². The molecule has 0 aromatic carbocycles. The van der Waals surface area contributed by atoms with E-state index in [1.807, 2.05) is 6.07 Å². The smallest absolute Gasteiger partial charge is 0.351 e. The number of hydrogen-bond donors (Lipinski definition) is 0. The molecule has 2 heterocycles. The quantitative estimate of drug-likeness (QED) is 0.825. The summed E-state index contributed by atoms with van der Waals surface area (Å²) in [4.78, 5) is 18.7. The van der Waals surface area contributed by atoms with Crippen molar-refractivity contribution in [2.24, 2.45) is 0 Å². The van der Waals surface area contributed by atoms with Crippen molar-refractivity contribution in [3.05, 3.63) is 22.7 Å². The number of methoxy groups -OCH3 is 1. The van der Waals surface area contributed by atoms with Crippen LogP contribution < -0.4 is 10.6 Å². The molecule has 1 aromatic rings. The molecule has 1 aliphatic rings.